The van der Waals surface area contributed by atoms with Gasteiger partial charge in [0.15, 0.2) is 0 Å². The third-order valence-electron chi connectivity index (χ3n) is 3.90. The summed E-state index contributed by atoms with van der Waals surface area (Å²) in [5, 5.41) is 3.38. The first-order chi connectivity index (χ1) is 7.68. The van der Waals surface area contributed by atoms with Crippen molar-refractivity contribution in [2.24, 2.45) is 0 Å². The van der Waals surface area contributed by atoms with Gasteiger partial charge in [0.1, 0.15) is 0 Å². The van der Waals surface area contributed by atoms with Crippen LogP contribution in [-0.4, -0.2) is 36.0 Å². The van der Waals surface area contributed by atoms with Gasteiger partial charge in [0.25, 0.3) is 0 Å². The Bertz CT molecular complexity index is 244. The van der Waals surface area contributed by atoms with E-state index in [0.717, 1.165) is 0 Å². The fourth-order valence-electron chi connectivity index (χ4n) is 2.63. The van der Waals surface area contributed by atoms with E-state index in [1.165, 1.54) is 44.9 Å². The van der Waals surface area contributed by atoms with Gasteiger partial charge in [-0.25, -0.2) is 0 Å². The first kappa shape index (κ1) is 11.9. The van der Waals surface area contributed by atoms with Crippen molar-refractivity contribution in [3.8, 4) is 0 Å². The van der Waals surface area contributed by atoms with Crippen LogP contribution in [0.2, 0.25) is 0 Å². The second-order valence-corrected chi connectivity index (χ2v) is 5.40. The molecular weight excluding hydrogens is 200 g/mol. The number of nitrogens with zero attached hydrogens (tertiary/aromatic N) is 1. The third kappa shape index (κ3) is 2.97. The zero-order chi connectivity index (χ0) is 11.5. The molecule has 0 aromatic heterocycles. The maximum atomic E-state index is 12.2. The molecule has 0 aromatic carbocycles. The molecule has 16 heavy (non-hydrogen) atoms. The number of nitrogens with one attached hydrogen (secondary N) is 1. The Morgan fingerprint density at radius 2 is 1.81 bits per heavy atom. The highest BCUT2D eigenvalue weighted by atomic mass is 16.2. The highest BCUT2D eigenvalue weighted by molar-refractivity contribution is 5.81. The molecule has 2 fully saturated rings. The Morgan fingerprint density at radius 1 is 1.19 bits per heavy atom. The van der Waals surface area contributed by atoms with Crippen LogP contribution in [0.3, 0.4) is 0 Å². The van der Waals surface area contributed by atoms with E-state index in [9.17, 15) is 4.79 Å². The van der Waals surface area contributed by atoms with Crippen LogP contribution in [0.5, 0.6) is 0 Å². The molecule has 0 bridgehead atoms. The van der Waals surface area contributed by atoms with E-state index in [0.29, 0.717) is 12.1 Å². The van der Waals surface area contributed by atoms with Gasteiger partial charge >= 0.3 is 0 Å². The Kier molecular flexibility index (Phi) is 3.85. The summed E-state index contributed by atoms with van der Waals surface area (Å²) in [6.45, 7) is 2.00. The zero-order valence-electron chi connectivity index (χ0n) is 10.5. The van der Waals surface area contributed by atoms with Crippen molar-refractivity contribution in [3.63, 3.8) is 0 Å². The summed E-state index contributed by atoms with van der Waals surface area (Å²) >= 11 is 0. The summed E-state index contributed by atoms with van der Waals surface area (Å²) in [4.78, 5) is 14.2. The van der Waals surface area contributed by atoms with E-state index in [-0.39, 0.29) is 11.9 Å². The van der Waals surface area contributed by atoms with Gasteiger partial charge in [-0.2, -0.15) is 0 Å². The number of carbonyl (C=O) groups is 1. The maximum absolute atomic E-state index is 12.2. The lowest BCUT2D eigenvalue weighted by Crippen LogP contribution is -2.48. The second-order valence-electron chi connectivity index (χ2n) is 5.40. The summed E-state index contributed by atoms with van der Waals surface area (Å²) in [5.41, 5.74) is 0. The molecule has 1 atom stereocenters. The van der Waals surface area contributed by atoms with Crippen molar-refractivity contribution >= 4 is 5.91 Å². The van der Waals surface area contributed by atoms with Crippen molar-refractivity contribution in [1.82, 2.24) is 10.2 Å². The minimum absolute atomic E-state index is 0.000531. The molecule has 0 aromatic rings. The van der Waals surface area contributed by atoms with E-state index in [1.807, 2.05) is 18.9 Å². The van der Waals surface area contributed by atoms with Crippen LogP contribution in [0.1, 0.15) is 51.9 Å². The molecule has 2 rings (SSSR count). The standard InChI is InChI=1S/C13H24N2O/c1-10(14-11-8-9-11)13(16)15(2)12-6-4-3-5-7-12/h10-12,14H,3-9H2,1-2H3. The topological polar surface area (TPSA) is 32.3 Å². The van der Waals surface area contributed by atoms with E-state index >= 15 is 0 Å². The quantitative estimate of drug-likeness (QED) is 0.791. The van der Waals surface area contributed by atoms with Gasteiger partial charge in [-0.1, -0.05) is 19.3 Å². The van der Waals surface area contributed by atoms with Crippen LogP contribution in [0.4, 0.5) is 0 Å². The summed E-state index contributed by atoms with van der Waals surface area (Å²) < 4.78 is 0. The van der Waals surface area contributed by atoms with Crippen LogP contribution in [0.25, 0.3) is 0 Å². The Hall–Kier alpha value is -0.570. The molecule has 2 saturated carbocycles. The lowest BCUT2D eigenvalue weighted by Gasteiger charge is -2.33. The van der Waals surface area contributed by atoms with Crippen molar-refractivity contribution in [2.75, 3.05) is 7.05 Å². The SMILES string of the molecule is CC(NC1CC1)C(=O)N(C)C1CCCCC1. The molecule has 1 N–H and O–H groups in total. The molecule has 0 aliphatic heterocycles. The van der Waals surface area contributed by atoms with Crippen LogP contribution in [0.15, 0.2) is 0 Å². The smallest absolute Gasteiger partial charge is 0.239 e. The highest BCUT2D eigenvalue weighted by Crippen LogP contribution is 2.23. The molecular formula is C13H24N2O. The van der Waals surface area contributed by atoms with Crippen LogP contribution in [0, 0.1) is 0 Å². The van der Waals surface area contributed by atoms with Crippen molar-refractivity contribution in [2.45, 2.75) is 70.0 Å². The minimum atomic E-state index is -0.000531. The van der Waals surface area contributed by atoms with Crippen LogP contribution >= 0.6 is 0 Å². The monoisotopic (exact) mass is 224 g/mol. The number of amides is 1. The first-order valence-corrected chi connectivity index (χ1v) is 6.71. The predicted molar refractivity (Wildman–Crippen MR) is 65.3 cm³/mol. The molecule has 3 heteroatoms. The Labute approximate surface area is 98.6 Å². The molecule has 3 nitrogen and oxygen atoms in total. The lowest BCUT2D eigenvalue weighted by molar-refractivity contribution is -0.134. The highest BCUT2D eigenvalue weighted by Gasteiger charge is 2.29. The number of rotatable bonds is 4. The normalized spacial score (nSPS) is 24.1. The second kappa shape index (κ2) is 5.17. The number of carbonyl (C=O) groups excluding carboxylic acids is 1. The third-order valence-corrected chi connectivity index (χ3v) is 3.90. The molecule has 0 saturated heterocycles. The van der Waals surface area contributed by atoms with Gasteiger partial charge in [0.2, 0.25) is 5.91 Å². The molecule has 92 valence electrons. The summed E-state index contributed by atoms with van der Waals surface area (Å²) in [6.07, 6.45) is 8.78. The minimum Gasteiger partial charge on any atom is -0.341 e. The van der Waals surface area contributed by atoms with Crippen molar-refractivity contribution < 1.29 is 4.79 Å². The predicted octanol–water partition coefficient (Wildman–Crippen LogP) is 1.92. The fraction of sp³-hybridized carbons (Fsp3) is 0.923. The van der Waals surface area contributed by atoms with Gasteiger partial charge in [-0.3, -0.25) is 4.79 Å². The van der Waals surface area contributed by atoms with Crippen molar-refractivity contribution in [1.29, 1.82) is 0 Å². The van der Waals surface area contributed by atoms with E-state index in [1.54, 1.807) is 0 Å². The number of hydrogen-bond acceptors (Lipinski definition) is 2. The van der Waals surface area contributed by atoms with Crippen LogP contribution in [-0.2, 0) is 4.79 Å². The van der Waals surface area contributed by atoms with Crippen LogP contribution < -0.4 is 5.32 Å². The molecule has 1 unspecified atom stereocenters. The fourth-order valence-corrected chi connectivity index (χ4v) is 2.63. The average Bonchev–Trinajstić information content (AvgIpc) is 3.12. The van der Waals surface area contributed by atoms with Crippen molar-refractivity contribution in [3.05, 3.63) is 0 Å². The largest absolute Gasteiger partial charge is 0.341 e. The summed E-state index contributed by atoms with van der Waals surface area (Å²) in [7, 11) is 1.98. The molecule has 0 heterocycles. The molecule has 2 aliphatic carbocycles. The Balaban J connectivity index is 1.81. The van der Waals surface area contributed by atoms with Gasteiger partial charge < -0.3 is 10.2 Å². The average molecular weight is 224 g/mol. The van der Waals surface area contributed by atoms with E-state index in [4.69, 9.17) is 0 Å². The summed E-state index contributed by atoms with van der Waals surface area (Å²) in [6, 6.07) is 1.10. The number of likely N-dealkylation sites (N-methyl/N-ethyl adjacent to an activating group) is 1. The van der Waals surface area contributed by atoms with Gasteiger partial charge in [0, 0.05) is 19.1 Å². The van der Waals surface area contributed by atoms with E-state index in [2.05, 4.69) is 5.32 Å². The van der Waals surface area contributed by atoms with E-state index < -0.39 is 0 Å². The molecule has 0 spiro atoms. The molecule has 0 radical (unpaired) electrons. The molecule has 1 amide bonds. The number of hydrogen-bond donors (Lipinski definition) is 1. The zero-order valence-corrected chi connectivity index (χ0v) is 10.5. The Morgan fingerprint density at radius 3 is 2.38 bits per heavy atom. The maximum Gasteiger partial charge on any atom is 0.239 e. The van der Waals surface area contributed by atoms with Gasteiger partial charge in [-0.05, 0) is 32.6 Å². The lowest BCUT2D eigenvalue weighted by atomic mass is 9.94. The van der Waals surface area contributed by atoms with Gasteiger partial charge in [0.05, 0.1) is 6.04 Å². The first-order valence-electron chi connectivity index (χ1n) is 6.71. The van der Waals surface area contributed by atoms with Gasteiger partial charge in [-0.15, -0.1) is 0 Å². The molecule has 2 aliphatic rings. The summed E-state index contributed by atoms with van der Waals surface area (Å²) in [5.74, 6) is 0.277.